The molecule has 2 rings (SSSR count). The van der Waals surface area contributed by atoms with E-state index >= 15 is 0 Å². The van der Waals surface area contributed by atoms with Crippen molar-refractivity contribution >= 4 is 5.95 Å². The van der Waals surface area contributed by atoms with E-state index in [0.717, 1.165) is 17.0 Å². The van der Waals surface area contributed by atoms with E-state index in [1.54, 1.807) is 0 Å². The Hall–Kier alpha value is -1.90. The topological polar surface area (TPSA) is 37.8 Å². The van der Waals surface area contributed by atoms with Gasteiger partial charge in [0.1, 0.15) is 0 Å². The molecule has 1 aromatic carbocycles. The highest BCUT2D eigenvalue weighted by Gasteiger charge is 2.05. The summed E-state index contributed by atoms with van der Waals surface area (Å²) in [7, 11) is 1.83. The molecule has 3 heteroatoms. The summed E-state index contributed by atoms with van der Waals surface area (Å²) in [6, 6.07) is 10.6. The Labute approximate surface area is 108 Å². The molecule has 94 valence electrons. The van der Waals surface area contributed by atoms with Crippen molar-refractivity contribution in [2.75, 3.05) is 12.4 Å². The standard InChI is InChI=1S/C15H19N3/c1-10(2)12-5-7-13(8-6-12)14-9-11(3)17-15(16-4)18-14/h5-10H,1-4H3,(H,16,17,18). The SMILES string of the molecule is CNc1nc(C)cc(-c2ccc(C(C)C)cc2)n1. The summed E-state index contributed by atoms with van der Waals surface area (Å²) in [5.74, 6) is 1.22. The maximum absolute atomic E-state index is 4.47. The fraction of sp³-hybridized carbons (Fsp3) is 0.333. The molecule has 0 aliphatic heterocycles. The lowest BCUT2D eigenvalue weighted by molar-refractivity contribution is 0.867. The second-order valence-electron chi connectivity index (χ2n) is 4.74. The summed E-state index contributed by atoms with van der Waals surface area (Å²) < 4.78 is 0. The number of nitrogens with one attached hydrogen (secondary N) is 1. The molecular weight excluding hydrogens is 222 g/mol. The Balaban J connectivity index is 2.39. The van der Waals surface area contributed by atoms with Crippen molar-refractivity contribution in [2.45, 2.75) is 26.7 Å². The zero-order valence-corrected chi connectivity index (χ0v) is 11.4. The third kappa shape index (κ3) is 2.67. The molecule has 0 radical (unpaired) electrons. The van der Waals surface area contributed by atoms with Crippen LogP contribution in [0.1, 0.15) is 31.0 Å². The first-order chi connectivity index (χ1) is 8.60. The summed E-state index contributed by atoms with van der Waals surface area (Å²) in [6.07, 6.45) is 0. The fourth-order valence-electron chi connectivity index (χ4n) is 1.87. The molecule has 0 aliphatic rings. The summed E-state index contributed by atoms with van der Waals surface area (Å²) >= 11 is 0. The van der Waals surface area contributed by atoms with Crippen molar-refractivity contribution in [2.24, 2.45) is 0 Å². The minimum absolute atomic E-state index is 0.555. The molecule has 0 spiro atoms. The largest absolute Gasteiger partial charge is 0.357 e. The maximum Gasteiger partial charge on any atom is 0.223 e. The minimum atomic E-state index is 0.555. The van der Waals surface area contributed by atoms with E-state index < -0.39 is 0 Å². The number of aromatic nitrogens is 2. The van der Waals surface area contributed by atoms with Crippen molar-refractivity contribution in [3.63, 3.8) is 0 Å². The molecule has 0 aliphatic carbocycles. The third-order valence-electron chi connectivity index (χ3n) is 2.95. The van der Waals surface area contributed by atoms with Gasteiger partial charge in [-0.2, -0.15) is 0 Å². The van der Waals surface area contributed by atoms with Gasteiger partial charge in [0.25, 0.3) is 0 Å². The smallest absolute Gasteiger partial charge is 0.223 e. The number of anilines is 1. The lowest BCUT2D eigenvalue weighted by Gasteiger charge is -2.08. The van der Waals surface area contributed by atoms with Crippen LogP contribution in [0, 0.1) is 6.92 Å². The van der Waals surface area contributed by atoms with Crippen molar-refractivity contribution in [3.05, 3.63) is 41.6 Å². The Kier molecular flexibility index (Phi) is 3.60. The van der Waals surface area contributed by atoms with Crippen LogP contribution in [0.4, 0.5) is 5.95 Å². The van der Waals surface area contributed by atoms with Gasteiger partial charge in [0.2, 0.25) is 5.95 Å². The van der Waals surface area contributed by atoms with E-state index in [9.17, 15) is 0 Å². The normalized spacial score (nSPS) is 10.7. The van der Waals surface area contributed by atoms with Gasteiger partial charge in [0.05, 0.1) is 5.69 Å². The fourth-order valence-corrected chi connectivity index (χ4v) is 1.87. The van der Waals surface area contributed by atoms with Crippen LogP contribution in [-0.4, -0.2) is 17.0 Å². The summed E-state index contributed by atoms with van der Waals surface area (Å²) in [5.41, 5.74) is 4.40. The predicted octanol–water partition coefficient (Wildman–Crippen LogP) is 3.62. The van der Waals surface area contributed by atoms with Gasteiger partial charge in [-0.05, 0) is 24.5 Å². The molecule has 1 heterocycles. The van der Waals surface area contributed by atoms with Gasteiger partial charge in [0, 0.05) is 18.3 Å². The first-order valence-electron chi connectivity index (χ1n) is 6.24. The van der Waals surface area contributed by atoms with E-state index in [4.69, 9.17) is 0 Å². The van der Waals surface area contributed by atoms with E-state index in [-0.39, 0.29) is 0 Å². The van der Waals surface area contributed by atoms with E-state index in [1.165, 1.54) is 5.56 Å². The van der Waals surface area contributed by atoms with Crippen LogP contribution >= 0.6 is 0 Å². The lowest BCUT2D eigenvalue weighted by atomic mass is 10.0. The lowest BCUT2D eigenvalue weighted by Crippen LogP contribution is -1.99. The predicted molar refractivity (Wildman–Crippen MR) is 75.8 cm³/mol. The number of hydrogen-bond acceptors (Lipinski definition) is 3. The summed E-state index contributed by atoms with van der Waals surface area (Å²) in [5, 5.41) is 2.99. The van der Waals surface area contributed by atoms with Crippen molar-refractivity contribution in [1.82, 2.24) is 9.97 Å². The van der Waals surface area contributed by atoms with Crippen molar-refractivity contribution in [3.8, 4) is 11.3 Å². The Morgan fingerprint density at radius 2 is 1.72 bits per heavy atom. The van der Waals surface area contributed by atoms with Gasteiger partial charge in [-0.1, -0.05) is 38.1 Å². The molecule has 0 amide bonds. The summed E-state index contributed by atoms with van der Waals surface area (Å²) in [4.78, 5) is 8.78. The Bertz CT molecular complexity index is 530. The molecular formula is C15H19N3. The van der Waals surface area contributed by atoms with Crippen LogP contribution in [0.2, 0.25) is 0 Å². The van der Waals surface area contributed by atoms with E-state index in [1.807, 2.05) is 20.0 Å². The number of benzene rings is 1. The monoisotopic (exact) mass is 241 g/mol. The molecule has 0 saturated carbocycles. The highest BCUT2D eigenvalue weighted by Crippen LogP contribution is 2.22. The van der Waals surface area contributed by atoms with Crippen molar-refractivity contribution in [1.29, 1.82) is 0 Å². The molecule has 3 nitrogen and oxygen atoms in total. The zero-order chi connectivity index (χ0) is 13.1. The molecule has 0 atom stereocenters. The second kappa shape index (κ2) is 5.17. The highest BCUT2D eigenvalue weighted by atomic mass is 15.1. The van der Waals surface area contributed by atoms with Gasteiger partial charge >= 0.3 is 0 Å². The zero-order valence-electron chi connectivity index (χ0n) is 11.4. The van der Waals surface area contributed by atoms with Gasteiger partial charge in [-0.3, -0.25) is 0 Å². The minimum Gasteiger partial charge on any atom is -0.357 e. The average molecular weight is 241 g/mol. The maximum atomic E-state index is 4.47. The Morgan fingerprint density at radius 3 is 2.28 bits per heavy atom. The molecule has 0 fully saturated rings. The van der Waals surface area contributed by atoms with Crippen LogP contribution < -0.4 is 5.32 Å². The van der Waals surface area contributed by atoms with Crippen LogP contribution in [0.5, 0.6) is 0 Å². The molecule has 2 aromatic rings. The molecule has 0 bridgehead atoms. The van der Waals surface area contributed by atoms with Gasteiger partial charge in [-0.15, -0.1) is 0 Å². The summed E-state index contributed by atoms with van der Waals surface area (Å²) in [6.45, 7) is 6.38. The number of aryl methyl sites for hydroxylation is 1. The van der Waals surface area contributed by atoms with Crippen LogP contribution in [0.15, 0.2) is 30.3 Å². The van der Waals surface area contributed by atoms with Gasteiger partial charge < -0.3 is 5.32 Å². The second-order valence-corrected chi connectivity index (χ2v) is 4.74. The number of hydrogen-bond donors (Lipinski definition) is 1. The molecule has 0 saturated heterocycles. The van der Waals surface area contributed by atoms with Crippen LogP contribution in [0.3, 0.4) is 0 Å². The first kappa shape index (κ1) is 12.6. The van der Waals surface area contributed by atoms with Crippen LogP contribution in [0.25, 0.3) is 11.3 Å². The number of nitrogens with zero attached hydrogens (tertiary/aromatic N) is 2. The van der Waals surface area contributed by atoms with E-state index in [0.29, 0.717) is 11.9 Å². The molecule has 0 unspecified atom stereocenters. The first-order valence-corrected chi connectivity index (χ1v) is 6.24. The quantitative estimate of drug-likeness (QED) is 0.892. The molecule has 1 aromatic heterocycles. The highest BCUT2D eigenvalue weighted by molar-refractivity contribution is 5.61. The average Bonchev–Trinajstić information content (AvgIpc) is 2.38. The Morgan fingerprint density at radius 1 is 1.06 bits per heavy atom. The van der Waals surface area contributed by atoms with Gasteiger partial charge in [0.15, 0.2) is 0 Å². The van der Waals surface area contributed by atoms with Gasteiger partial charge in [-0.25, -0.2) is 9.97 Å². The molecule has 18 heavy (non-hydrogen) atoms. The number of rotatable bonds is 3. The third-order valence-corrected chi connectivity index (χ3v) is 2.95. The van der Waals surface area contributed by atoms with Crippen LogP contribution in [-0.2, 0) is 0 Å². The molecule has 1 N–H and O–H groups in total. The van der Waals surface area contributed by atoms with Crippen molar-refractivity contribution < 1.29 is 0 Å². The van der Waals surface area contributed by atoms with E-state index in [2.05, 4.69) is 53.4 Å².